The van der Waals surface area contributed by atoms with Crippen molar-refractivity contribution in [3.05, 3.63) is 33.9 Å². The molecule has 1 aromatic heterocycles. The molecule has 14 heavy (non-hydrogen) atoms. The Hall–Kier alpha value is -0.990. The quantitative estimate of drug-likeness (QED) is 0.748. The minimum atomic E-state index is 0.458. The zero-order valence-electron chi connectivity index (χ0n) is 7.51. The second-order valence-corrected chi connectivity index (χ2v) is 3.90. The molecule has 72 valence electrons. The van der Waals surface area contributed by atoms with E-state index in [1.807, 2.05) is 19.1 Å². The van der Waals surface area contributed by atoms with Crippen molar-refractivity contribution < 1.29 is 0 Å². The molecule has 0 aliphatic heterocycles. The molecule has 0 fully saturated rings. The van der Waals surface area contributed by atoms with Crippen molar-refractivity contribution >= 4 is 39.8 Å². The number of halogens is 2. The van der Waals surface area contributed by atoms with Gasteiger partial charge in [-0.05, 0) is 25.1 Å². The third-order valence-corrected chi connectivity index (χ3v) is 2.83. The molecule has 0 saturated carbocycles. The summed E-state index contributed by atoms with van der Waals surface area (Å²) in [6.07, 6.45) is 0. The first-order chi connectivity index (χ1) is 6.59. The van der Waals surface area contributed by atoms with Gasteiger partial charge in [0.05, 0.1) is 15.6 Å². The Balaban J connectivity index is 2.95. The maximum Gasteiger partial charge on any atom is 0.0927 e. The predicted molar refractivity (Wildman–Crippen MR) is 60.9 cm³/mol. The summed E-state index contributed by atoms with van der Waals surface area (Å²) in [5.41, 5.74) is 8.00. The molecule has 0 bridgehead atoms. The molecule has 2 N–H and O–H groups in total. The van der Waals surface area contributed by atoms with Gasteiger partial charge in [0.15, 0.2) is 0 Å². The van der Waals surface area contributed by atoms with Gasteiger partial charge in [0.1, 0.15) is 0 Å². The topological polar surface area (TPSA) is 38.9 Å². The molecule has 1 heterocycles. The molecule has 1 aromatic carbocycles. The zero-order chi connectivity index (χ0) is 10.3. The van der Waals surface area contributed by atoms with Crippen molar-refractivity contribution in [1.82, 2.24) is 4.98 Å². The lowest BCUT2D eigenvalue weighted by atomic mass is 10.1. The molecule has 0 atom stereocenters. The maximum absolute atomic E-state index is 6.02. The van der Waals surface area contributed by atoms with Gasteiger partial charge in [-0.3, -0.25) is 4.98 Å². The largest absolute Gasteiger partial charge is 0.398 e. The molecule has 0 unspecified atom stereocenters. The summed E-state index contributed by atoms with van der Waals surface area (Å²) >= 11 is 11.9. The summed E-state index contributed by atoms with van der Waals surface area (Å²) in [4.78, 5) is 4.30. The molecule has 2 nitrogen and oxygen atoms in total. The number of anilines is 1. The van der Waals surface area contributed by atoms with E-state index in [0.29, 0.717) is 21.2 Å². The van der Waals surface area contributed by atoms with Crippen molar-refractivity contribution in [2.45, 2.75) is 6.92 Å². The lowest BCUT2D eigenvalue weighted by molar-refractivity contribution is 1.26. The van der Waals surface area contributed by atoms with E-state index in [1.54, 1.807) is 6.07 Å². The van der Waals surface area contributed by atoms with Gasteiger partial charge in [-0.25, -0.2) is 0 Å². The van der Waals surface area contributed by atoms with E-state index in [0.717, 1.165) is 11.1 Å². The van der Waals surface area contributed by atoms with Crippen molar-refractivity contribution in [3.63, 3.8) is 0 Å². The van der Waals surface area contributed by atoms with Gasteiger partial charge >= 0.3 is 0 Å². The Morgan fingerprint density at radius 3 is 2.71 bits per heavy atom. The number of fused-ring (bicyclic) bond motifs is 1. The van der Waals surface area contributed by atoms with Crippen LogP contribution >= 0.6 is 23.2 Å². The number of aryl methyl sites for hydroxylation is 1. The number of nitrogen functional groups attached to an aromatic ring is 1. The van der Waals surface area contributed by atoms with Crippen LogP contribution in [-0.2, 0) is 0 Å². The van der Waals surface area contributed by atoms with Crippen molar-refractivity contribution in [2.24, 2.45) is 0 Å². The average Bonchev–Trinajstić information content (AvgIpc) is 2.12. The fourth-order valence-corrected chi connectivity index (χ4v) is 1.75. The van der Waals surface area contributed by atoms with Crippen molar-refractivity contribution in [1.29, 1.82) is 0 Å². The van der Waals surface area contributed by atoms with Crippen LogP contribution in [0, 0.1) is 6.92 Å². The third-order valence-electron chi connectivity index (χ3n) is 2.03. The van der Waals surface area contributed by atoms with E-state index in [1.165, 1.54) is 0 Å². The van der Waals surface area contributed by atoms with Crippen LogP contribution in [0.2, 0.25) is 10.0 Å². The Morgan fingerprint density at radius 1 is 1.29 bits per heavy atom. The van der Waals surface area contributed by atoms with Crippen LogP contribution < -0.4 is 5.73 Å². The number of benzene rings is 1. The first-order valence-corrected chi connectivity index (χ1v) is 4.86. The van der Waals surface area contributed by atoms with Crippen LogP contribution in [0.3, 0.4) is 0 Å². The Kier molecular flexibility index (Phi) is 2.25. The van der Waals surface area contributed by atoms with E-state index >= 15 is 0 Å². The van der Waals surface area contributed by atoms with Crippen molar-refractivity contribution in [2.75, 3.05) is 5.73 Å². The summed E-state index contributed by atoms with van der Waals surface area (Å²) in [6, 6.07) is 5.36. The fraction of sp³-hybridized carbons (Fsp3) is 0.100. The van der Waals surface area contributed by atoms with Gasteiger partial charge in [-0.15, -0.1) is 0 Å². The van der Waals surface area contributed by atoms with E-state index in [4.69, 9.17) is 28.9 Å². The van der Waals surface area contributed by atoms with Crippen LogP contribution in [0.5, 0.6) is 0 Å². The third kappa shape index (κ3) is 1.41. The van der Waals surface area contributed by atoms with E-state index < -0.39 is 0 Å². The molecule has 4 heteroatoms. The highest BCUT2D eigenvalue weighted by Gasteiger charge is 2.07. The van der Waals surface area contributed by atoms with Gasteiger partial charge in [-0.1, -0.05) is 23.2 Å². The minimum absolute atomic E-state index is 0.458. The summed E-state index contributed by atoms with van der Waals surface area (Å²) in [7, 11) is 0. The molecule has 2 aromatic rings. The molecule has 0 aliphatic carbocycles. The highest BCUT2D eigenvalue weighted by atomic mass is 35.5. The van der Waals surface area contributed by atoms with E-state index in [-0.39, 0.29) is 0 Å². The standard InChI is InChI=1S/C10H8Cl2N2/c1-5-4-8(13)6-2-3-7(11)9(12)10(6)14-5/h2-4H,1H3,(H2,13,14). The number of nitrogens with two attached hydrogens (primary N) is 1. The molecule has 0 aliphatic rings. The number of aromatic nitrogens is 1. The molecular formula is C10H8Cl2N2. The molecule has 2 rings (SSSR count). The smallest absolute Gasteiger partial charge is 0.0927 e. The van der Waals surface area contributed by atoms with Gasteiger partial charge in [0.25, 0.3) is 0 Å². The van der Waals surface area contributed by atoms with Gasteiger partial charge in [0, 0.05) is 16.8 Å². The zero-order valence-corrected chi connectivity index (χ0v) is 9.02. The number of nitrogens with zero attached hydrogens (tertiary/aromatic N) is 1. The van der Waals surface area contributed by atoms with Gasteiger partial charge in [0.2, 0.25) is 0 Å². The SMILES string of the molecule is Cc1cc(N)c2ccc(Cl)c(Cl)c2n1. The van der Waals surface area contributed by atoms with E-state index in [2.05, 4.69) is 4.98 Å². The lowest BCUT2D eigenvalue weighted by Gasteiger charge is -2.05. The maximum atomic E-state index is 6.02. The molecule has 0 saturated heterocycles. The minimum Gasteiger partial charge on any atom is -0.398 e. The highest BCUT2D eigenvalue weighted by Crippen LogP contribution is 2.32. The first-order valence-electron chi connectivity index (χ1n) is 4.10. The normalized spacial score (nSPS) is 10.8. The van der Waals surface area contributed by atoms with Crippen LogP contribution in [0.4, 0.5) is 5.69 Å². The summed E-state index contributed by atoms with van der Waals surface area (Å²) in [5.74, 6) is 0. The van der Waals surface area contributed by atoms with Gasteiger partial charge < -0.3 is 5.73 Å². The highest BCUT2D eigenvalue weighted by molar-refractivity contribution is 6.45. The molecular weight excluding hydrogens is 219 g/mol. The van der Waals surface area contributed by atoms with Crippen LogP contribution in [0.15, 0.2) is 18.2 Å². The molecule has 0 amide bonds. The van der Waals surface area contributed by atoms with Gasteiger partial charge in [-0.2, -0.15) is 0 Å². The summed E-state index contributed by atoms with van der Waals surface area (Å²) < 4.78 is 0. The molecule has 0 spiro atoms. The summed E-state index contributed by atoms with van der Waals surface area (Å²) in [6.45, 7) is 1.87. The van der Waals surface area contributed by atoms with Crippen LogP contribution in [0.1, 0.15) is 5.69 Å². The Bertz CT molecular complexity index is 509. The average molecular weight is 227 g/mol. The monoisotopic (exact) mass is 226 g/mol. The predicted octanol–water partition coefficient (Wildman–Crippen LogP) is 3.43. The molecule has 0 radical (unpaired) electrons. The second-order valence-electron chi connectivity index (χ2n) is 3.11. The Labute approximate surface area is 91.6 Å². The second kappa shape index (κ2) is 3.30. The number of pyridine rings is 1. The lowest BCUT2D eigenvalue weighted by Crippen LogP contribution is -1.92. The van der Waals surface area contributed by atoms with Crippen LogP contribution in [-0.4, -0.2) is 4.98 Å². The Morgan fingerprint density at radius 2 is 2.00 bits per heavy atom. The number of hydrogen-bond acceptors (Lipinski definition) is 2. The van der Waals surface area contributed by atoms with E-state index in [9.17, 15) is 0 Å². The number of rotatable bonds is 0. The first kappa shape index (κ1) is 9.56. The van der Waals surface area contributed by atoms with Crippen LogP contribution in [0.25, 0.3) is 10.9 Å². The number of hydrogen-bond donors (Lipinski definition) is 1. The fourth-order valence-electron chi connectivity index (χ4n) is 1.39. The van der Waals surface area contributed by atoms with Crippen molar-refractivity contribution in [3.8, 4) is 0 Å². The summed E-state index contributed by atoms with van der Waals surface area (Å²) in [5, 5.41) is 1.79.